The Kier molecular flexibility index (Phi) is 5.12. The summed E-state index contributed by atoms with van der Waals surface area (Å²) in [5.74, 6) is 3.85. The number of rotatable bonds is 6. The van der Waals surface area contributed by atoms with E-state index in [4.69, 9.17) is 15.2 Å². The van der Waals surface area contributed by atoms with E-state index in [0.29, 0.717) is 41.7 Å². The number of hydrogen-bond acceptors (Lipinski definition) is 5. The molecule has 34 heavy (non-hydrogen) atoms. The second kappa shape index (κ2) is 8.19. The first-order chi connectivity index (χ1) is 16.5. The molecule has 4 aliphatic rings. The number of hydrogen-bond donors (Lipinski definition) is 1. The largest absolute Gasteiger partial charge is 0.493 e. The number of nitrogen functional groups attached to an aromatic ring is 1. The van der Waals surface area contributed by atoms with Crippen LogP contribution >= 0.6 is 0 Å². The van der Waals surface area contributed by atoms with Crippen molar-refractivity contribution in [1.29, 1.82) is 0 Å². The quantitative estimate of drug-likeness (QED) is 0.523. The highest BCUT2D eigenvalue weighted by Crippen LogP contribution is 2.60. The summed E-state index contributed by atoms with van der Waals surface area (Å²) in [5, 5.41) is 4.47. The van der Waals surface area contributed by atoms with E-state index in [1.54, 1.807) is 13.3 Å². The van der Waals surface area contributed by atoms with Gasteiger partial charge in [-0.15, -0.1) is 0 Å². The van der Waals surface area contributed by atoms with Crippen molar-refractivity contribution in [3.63, 3.8) is 0 Å². The molecule has 2 N–H and O–H groups in total. The number of carbonyl (C=O) groups is 1. The second-order valence-corrected chi connectivity index (χ2v) is 10.5. The molecule has 7 rings (SSSR count). The molecular formula is C28H31N3O3. The number of nitrogens with two attached hydrogens (primary N) is 1. The Morgan fingerprint density at radius 3 is 2.35 bits per heavy atom. The van der Waals surface area contributed by atoms with Gasteiger partial charge < -0.3 is 15.2 Å². The average Bonchev–Trinajstić information content (AvgIpc) is 3.23. The van der Waals surface area contributed by atoms with Crippen molar-refractivity contribution in [1.82, 2.24) is 9.78 Å². The Balaban J connectivity index is 1.25. The highest BCUT2D eigenvalue weighted by atomic mass is 16.5. The molecule has 0 aliphatic heterocycles. The number of methoxy groups -OCH3 is 1. The lowest BCUT2D eigenvalue weighted by atomic mass is 9.49. The van der Waals surface area contributed by atoms with Gasteiger partial charge in [0.15, 0.2) is 11.5 Å². The van der Waals surface area contributed by atoms with Crippen LogP contribution in [0.2, 0.25) is 0 Å². The zero-order valence-electron chi connectivity index (χ0n) is 19.6. The summed E-state index contributed by atoms with van der Waals surface area (Å²) in [6, 6.07) is 15.7. The van der Waals surface area contributed by atoms with Crippen LogP contribution in [0.5, 0.6) is 11.5 Å². The van der Waals surface area contributed by atoms with Crippen molar-refractivity contribution >= 4 is 11.7 Å². The molecule has 0 radical (unpaired) electrons. The molecule has 6 heteroatoms. The van der Waals surface area contributed by atoms with E-state index in [1.807, 2.05) is 48.5 Å². The van der Waals surface area contributed by atoms with Gasteiger partial charge in [0.1, 0.15) is 12.4 Å². The summed E-state index contributed by atoms with van der Waals surface area (Å²) in [6.07, 6.45) is 8.57. The molecule has 3 aromatic rings. The maximum absolute atomic E-state index is 13.7. The van der Waals surface area contributed by atoms with Gasteiger partial charge in [-0.2, -0.15) is 9.78 Å². The van der Waals surface area contributed by atoms with Crippen LogP contribution in [0.3, 0.4) is 0 Å². The highest BCUT2D eigenvalue weighted by Gasteiger charge is 2.55. The van der Waals surface area contributed by atoms with E-state index in [0.717, 1.165) is 36.0 Å². The molecule has 4 bridgehead atoms. The smallest absolute Gasteiger partial charge is 0.255 e. The second-order valence-electron chi connectivity index (χ2n) is 10.5. The molecule has 4 fully saturated rings. The fraction of sp³-hybridized carbons (Fsp3) is 0.429. The van der Waals surface area contributed by atoms with E-state index >= 15 is 0 Å². The lowest BCUT2D eigenvalue weighted by Gasteiger charge is -2.55. The number of nitrogens with zero attached hydrogens (tertiary/aromatic N) is 2. The maximum Gasteiger partial charge on any atom is 0.255 e. The van der Waals surface area contributed by atoms with Gasteiger partial charge in [-0.05, 0) is 79.5 Å². The Bertz CT molecular complexity index is 1180. The lowest BCUT2D eigenvalue weighted by Crippen LogP contribution is -2.51. The fourth-order valence-electron chi connectivity index (χ4n) is 7.03. The first-order valence-electron chi connectivity index (χ1n) is 12.3. The van der Waals surface area contributed by atoms with Gasteiger partial charge in [0, 0.05) is 5.56 Å². The number of carbonyl (C=O) groups excluding carboxylic acids is 1. The van der Waals surface area contributed by atoms with Crippen LogP contribution in [0.1, 0.15) is 48.9 Å². The van der Waals surface area contributed by atoms with E-state index < -0.39 is 0 Å². The maximum atomic E-state index is 13.7. The minimum absolute atomic E-state index is 0.0881. The average molecular weight is 458 g/mol. The molecule has 176 valence electrons. The summed E-state index contributed by atoms with van der Waals surface area (Å²) in [6.45, 7) is 0.455. The summed E-state index contributed by atoms with van der Waals surface area (Å²) < 4.78 is 13.0. The standard InChI is InChI=1S/C28H31N3O3/c1-33-25-12-22(7-8-24(25)34-17-18-5-3-2-4-6-18)23-16-30-31(26(23)29)27(32)28-13-19-9-20(14-28)11-21(10-19)15-28/h2-8,12,16,19-21H,9-11,13-15,17,29H2,1H3. The number of benzene rings is 2. The third-order valence-electron chi connectivity index (χ3n) is 8.20. The monoisotopic (exact) mass is 457 g/mol. The molecule has 0 spiro atoms. The van der Waals surface area contributed by atoms with Gasteiger partial charge in [0.25, 0.3) is 5.91 Å². The molecule has 0 saturated heterocycles. The third kappa shape index (κ3) is 3.56. The molecule has 1 aromatic heterocycles. The molecule has 0 amide bonds. The number of aromatic nitrogens is 2. The van der Waals surface area contributed by atoms with Crippen molar-refractivity contribution in [2.24, 2.45) is 23.2 Å². The van der Waals surface area contributed by atoms with Crippen molar-refractivity contribution in [2.45, 2.75) is 45.1 Å². The summed E-state index contributed by atoms with van der Waals surface area (Å²) in [5.41, 5.74) is 8.93. The molecule has 4 aliphatic carbocycles. The predicted octanol–water partition coefficient (Wildman–Crippen LogP) is 5.58. The summed E-state index contributed by atoms with van der Waals surface area (Å²) >= 11 is 0. The van der Waals surface area contributed by atoms with Crippen LogP contribution in [0.25, 0.3) is 11.1 Å². The van der Waals surface area contributed by atoms with Crippen LogP contribution in [-0.2, 0) is 6.61 Å². The predicted molar refractivity (Wildman–Crippen MR) is 131 cm³/mol. The van der Waals surface area contributed by atoms with E-state index in [2.05, 4.69) is 5.10 Å². The van der Waals surface area contributed by atoms with Crippen molar-refractivity contribution in [2.75, 3.05) is 12.8 Å². The molecule has 0 unspecified atom stereocenters. The summed E-state index contributed by atoms with van der Waals surface area (Å²) in [4.78, 5) is 13.7. The Hall–Kier alpha value is -3.28. The van der Waals surface area contributed by atoms with Gasteiger partial charge in [0.05, 0.1) is 18.7 Å². The highest BCUT2D eigenvalue weighted by molar-refractivity contribution is 5.90. The van der Waals surface area contributed by atoms with E-state index in [1.165, 1.54) is 23.9 Å². The molecule has 4 saturated carbocycles. The molecule has 6 nitrogen and oxygen atoms in total. The van der Waals surface area contributed by atoms with Crippen LogP contribution < -0.4 is 15.2 Å². The zero-order chi connectivity index (χ0) is 23.3. The van der Waals surface area contributed by atoms with Crippen molar-refractivity contribution < 1.29 is 14.3 Å². The topological polar surface area (TPSA) is 79.4 Å². The van der Waals surface area contributed by atoms with Crippen LogP contribution in [0.15, 0.2) is 54.7 Å². The number of anilines is 1. The van der Waals surface area contributed by atoms with Gasteiger partial charge in [-0.1, -0.05) is 36.4 Å². The minimum atomic E-state index is -0.279. The first-order valence-corrected chi connectivity index (χ1v) is 12.3. The Morgan fingerprint density at radius 2 is 1.71 bits per heavy atom. The van der Waals surface area contributed by atoms with Gasteiger partial charge in [-0.25, -0.2) is 0 Å². The zero-order valence-corrected chi connectivity index (χ0v) is 19.6. The SMILES string of the molecule is COc1cc(-c2cnn(C(=O)C34CC5CC(CC(C5)C3)C4)c2N)ccc1OCc1ccccc1. The van der Waals surface area contributed by atoms with Gasteiger partial charge >= 0.3 is 0 Å². The molecule has 1 heterocycles. The minimum Gasteiger partial charge on any atom is -0.493 e. The summed E-state index contributed by atoms with van der Waals surface area (Å²) in [7, 11) is 1.62. The molecule has 2 aromatic carbocycles. The van der Waals surface area contributed by atoms with Crippen LogP contribution in [0.4, 0.5) is 5.82 Å². The van der Waals surface area contributed by atoms with E-state index in [9.17, 15) is 4.79 Å². The van der Waals surface area contributed by atoms with Crippen molar-refractivity contribution in [3.8, 4) is 22.6 Å². The fourth-order valence-corrected chi connectivity index (χ4v) is 7.03. The van der Waals surface area contributed by atoms with Crippen LogP contribution in [0, 0.1) is 23.2 Å². The van der Waals surface area contributed by atoms with E-state index in [-0.39, 0.29) is 11.3 Å². The first kappa shape index (κ1) is 21.3. The molecular weight excluding hydrogens is 426 g/mol. The normalized spacial score (nSPS) is 27.0. The third-order valence-corrected chi connectivity index (χ3v) is 8.20. The Labute approximate surface area is 200 Å². The lowest BCUT2D eigenvalue weighted by molar-refractivity contribution is -0.0407. The molecule has 0 atom stereocenters. The van der Waals surface area contributed by atoms with Crippen molar-refractivity contribution in [3.05, 3.63) is 60.3 Å². The Morgan fingerprint density at radius 1 is 1.03 bits per heavy atom. The van der Waals surface area contributed by atoms with Gasteiger partial charge in [-0.3, -0.25) is 4.79 Å². The van der Waals surface area contributed by atoms with Crippen LogP contribution in [-0.4, -0.2) is 22.8 Å². The number of ether oxygens (including phenoxy) is 2. The van der Waals surface area contributed by atoms with Gasteiger partial charge in [0.2, 0.25) is 0 Å².